The minimum absolute atomic E-state index is 0.660. The van der Waals surface area contributed by atoms with Gasteiger partial charge in [-0.3, -0.25) is 4.90 Å². The van der Waals surface area contributed by atoms with Gasteiger partial charge in [0.1, 0.15) is 0 Å². The summed E-state index contributed by atoms with van der Waals surface area (Å²) in [4.78, 5) is 2.57. The van der Waals surface area contributed by atoms with Gasteiger partial charge in [-0.25, -0.2) is 0 Å². The molecule has 0 radical (unpaired) electrons. The van der Waals surface area contributed by atoms with E-state index in [0.717, 1.165) is 25.6 Å². The summed E-state index contributed by atoms with van der Waals surface area (Å²) in [5, 5.41) is 3.54. The molecule has 88 valence electrons. The quantitative estimate of drug-likeness (QED) is 0.700. The van der Waals surface area contributed by atoms with Crippen LogP contribution in [0.25, 0.3) is 0 Å². The number of nitrogens with zero attached hydrogens (tertiary/aromatic N) is 1. The van der Waals surface area contributed by atoms with E-state index in [2.05, 4.69) is 44.0 Å². The number of hydrogen-bond acceptors (Lipinski definition) is 2. The van der Waals surface area contributed by atoms with Gasteiger partial charge >= 0.3 is 0 Å². The van der Waals surface area contributed by atoms with Gasteiger partial charge in [0.25, 0.3) is 0 Å². The molecule has 15 heavy (non-hydrogen) atoms. The van der Waals surface area contributed by atoms with Crippen LogP contribution in [-0.2, 0) is 0 Å². The average molecular weight is 210 g/mol. The Morgan fingerprint density at radius 1 is 1.33 bits per heavy atom. The lowest BCUT2D eigenvalue weighted by Gasteiger charge is -2.32. The maximum atomic E-state index is 3.54. The van der Waals surface area contributed by atoms with E-state index < -0.39 is 0 Å². The summed E-state index contributed by atoms with van der Waals surface area (Å²) in [6.07, 6.45) is 3.59. The normalized spacial score (nSPS) is 20.5. The van der Waals surface area contributed by atoms with E-state index in [4.69, 9.17) is 0 Å². The molecule has 1 atom stereocenters. The Bertz CT molecular complexity index is 209. The summed E-state index contributed by atoms with van der Waals surface area (Å²) >= 11 is 0. The summed E-state index contributed by atoms with van der Waals surface area (Å²) in [5.74, 6) is 0.750. The number of rotatable bonds is 5. The highest BCUT2D eigenvalue weighted by Gasteiger charge is 2.15. The second-order valence-corrected chi connectivity index (χ2v) is 5.21. The summed E-state index contributed by atoms with van der Waals surface area (Å²) in [7, 11) is 0. The maximum absolute atomic E-state index is 3.54. The van der Waals surface area contributed by atoms with Gasteiger partial charge in [-0.2, -0.15) is 0 Å². The van der Waals surface area contributed by atoms with Gasteiger partial charge in [0.05, 0.1) is 0 Å². The highest BCUT2D eigenvalue weighted by molar-refractivity contribution is 5.05. The number of hydrogen-bond donors (Lipinski definition) is 1. The van der Waals surface area contributed by atoms with E-state index in [0.29, 0.717) is 6.04 Å². The van der Waals surface area contributed by atoms with Crippen molar-refractivity contribution in [3.63, 3.8) is 0 Å². The third-order valence-electron chi connectivity index (χ3n) is 2.98. The zero-order valence-corrected chi connectivity index (χ0v) is 10.7. The van der Waals surface area contributed by atoms with E-state index in [-0.39, 0.29) is 0 Å². The van der Waals surface area contributed by atoms with E-state index in [1.807, 2.05) is 0 Å². The van der Waals surface area contributed by atoms with Crippen LogP contribution in [0.5, 0.6) is 0 Å². The molecule has 0 fully saturated rings. The fourth-order valence-electron chi connectivity index (χ4n) is 2.03. The summed E-state index contributed by atoms with van der Waals surface area (Å²) in [6.45, 7) is 13.7. The van der Waals surface area contributed by atoms with Crippen molar-refractivity contribution in [2.45, 2.75) is 40.2 Å². The van der Waals surface area contributed by atoms with E-state index >= 15 is 0 Å². The van der Waals surface area contributed by atoms with Crippen LogP contribution in [0, 0.1) is 5.92 Å². The molecule has 2 nitrogen and oxygen atoms in total. The summed E-state index contributed by atoms with van der Waals surface area (Å²) in [6, 6.07) is 0.660. The topological polar surface area (TPSA) is 15.3 Å². The Morgan fingerprint density at radius 2 is 2.07 bits per heavy atom. The van der Waals surface area contributed by atoms with Gasteiger partial charge < -0.3 is 5.32 Å². The average Bonchev–Trinajstić information content (AvgIpc) is 2.17. The Balaban J connectivity index is 2.22. The molecule has 0 aromatic heterocycles. The minimum Gasteiger partial charge on any atom is -0.315 e. The van der Waals surface area contributed by atoms with Crippen LogP contribution >= 0.6 is 0 Å². The van der Waals surface area contributed by atoms with Gasteiger partial charge in [-0.1, -0.05) is 25.5 Å². The molecule has 0 aromatic rings. The molecule has 0 saturated carbocycles. The van der Waals surface area contributed by atoms with Crippen molar-refractivity contribution in [1.82, 2.24) is 10.2 Å². The third-order valence-corrected chi connectivity index (χ3v) is 2.98. The molecule has 1 rings (SSSR count). The lowest BCUT2D eigenvalue weighted by atomic mass is 10.1. The molecule has 1 heterocycles. The SMILES string of the molecule is CC1=CCCN(C(C)CNCC(C)C)C1. The Morgan fingerprint density at radius 3 is 2.67 bits per heavy atom. The first kappa shape index (κ1) is 12.7. The van der Waals surface area contributed by atoms with Crippen molar-refractivity contribution < 1.29 is 0 Å². The molecule has 0 aromatic carbocycles. The molecule has 1 unspecified atom stereocenters. The van der Waals surface area contributed by atoms with Crippen molar-refractivity contribution in [3.8, 4) is 0 Å². The van der Waals surface area contributed by atoms with Crippen LogP contribution in [0.2, 0.25) is 0 Å². The molecule has 0 spiro atoms. The van der Waals surface area contributed by atoms with Crippen LogP contribution < -0.4 is 5.32 Å². The van der Waals surface area contributed by atoms with E-state index in [1.165, 1.54) is 18.5 Å². The summed E-state index contributed by atoms with van der Waals surface area (Å²) < 4.78 is 0. The monoisotopic (exact) mass is 210 g/mol. The highest BCUT2D eigenvalue weighted by atomic mass is 15.2. The van der Waals surface area contributed by atoms with Gasteiger partial charge in [0.2, 0.25) is 0 Å². The van der Waals surface area contributed by atoms with E-state index in [1.54, 1.807) is 0 Å². The molecule has 0 amide bonds. The second-order valence-electron chi connectivity index (χ2n) is 5.21. The zero-order chi connectivity index (χ0) is 11.3. The lowest BCUT2D eigenvalue weighted by Crippen LogP contribution is -2.43. The molecule has 2 heteroatoms. The van der Waals surface area contributed by atoms with Crippen molar-refractivity contribution in [2.24, 2.45) is 5.92 Å². The molecule has 1 aliphatic rings. The maximum Gasteiger partial charge on any atom is 0.0195 e. The smallest absolute Gasteiger partial charge is 0.0195 e. The van der Waals surface area contributed by atoms with Crippen molar-refractivity contribution in [2.75, 3.05) is 26.2 Å². The fraction of sp³-hybridized carbons (Fsp3) is 0.846. The third kappa shape index (κ3) is 4.80. The van der Waals surface area contributed by atoms with Crippen molar-refractivity contribution >= 4 is 0 Å². The van der Waals surface area contributed by atoms with Crippen LogP contribution in [0.1, 0.15) is 34.1 Å². The minimum atomic E-state index is 0.660. The Kier molecular flexibility index (Phi) is 5.34. The highest BCUT2D eigenvalue weighted by Crippen LogP contribution is 2.11. The molecule has 0 saturated heterocycles. The fourth-order valence-corrected chi connectivity index (χ4v) is 2.03. The second kappa shape index (κ2) is 6.29. The lowest BCUT2D eigenvalue weighted by molar-refractivity contribution is 0.215. The molecule has 0 aliphatic carbocycles. The Labute approximate surface area is 94.7 Å². The van der Waals surface area contributed by atoms with Gasteiger partial charge in [0.15, 0.2) is 0 Å². The van der Waals surface area contributed by atoms with Crippen molar-refractivity contribution in [3.05, 3.63) is 11.6 Å². The summed E-state index contributed by atoms with van der Waals surface area (Å²) in [5.41, 5.74) is 1.52. The van der Waals surface area contributed by atoms with Crippen LogP contribution in [0.4, 0.5) is 0 Å². The Hall–Kier alpha value is -0.340. The standard InChI is InChI=1S/C13H26N2/c1-11(2)8-14-9-13(4)15-7-5-6-12(3)10-15/h6,11,13-14H,5,7-10H2,1-4H3. The first-order valence-electron chi connectivity index (χ1n) is 6.20. The molecular formula is C13H26N2. The molecule has 0 bridgehead atoms. The van der Waals surface area contributed by atoms with Gasteiger partial charge in [-0.05, 0) is 32.7 Å². The van der Waals surface area contributed by atoms with E-state index in [9.17, 15) is 0 Å². The molecule has 1 N–H and O–H groups in total. The largest absolute Gasteiger partial charge is 0.315 e. The number of nitrogens with one attached hydrogen (secondary N) is 1. The van der Waals surface area contributed by atoms with Crippen molar-refractivity contribution in [1.29, 1.82) is 0 Å². The van der Waals surface area contributed by atoms with Gasteiger partial charge in [0, 0.05) is 25.7 Å². The zero-order valence-electron chi connectivity index (χ0n) is 10.7. The predicted molar refractivity (Wildman–Crippen MR) is 67.1 cm³/mol. The molecule has 1 aliphatic heterocycles. The van der Waals surface area contributed by atoms with Crippen LogP contribution in [-0.4, -0.2) is 37.1 Å². The van der Waals surface area contributed by atoms with Crippen LogP contribution in [0.15, 0.2) is 11.6 Å². The first-order chi connectivity index (χ1) is 7.09. The predicted octanol–water partition coefficient (Wildman–Crippen LogP) is 2.27. The van der Waals surface area contributed by atoms with Crippen LogP contribution in [0.3, 0.4) is 0 Å². The van der Waals surface area contributed by atoms with Gasteiger partial charge in [-0.15, -0.1) is 0 Å². The molecular weight excluding hydrogens is 184 g/mol. The first-order valence-corrected chi connectivity index (χ1v) is 6.20.